The maximum atomic E-state index is 13.0. The summed E-state index contributed by atoms with van der Waals surface area (Å²) in [6.07, 6.45) is 2.86. The third-order valence-electron chi connectivity index (χ3n) is 7.35. The minimum Gasteiger partial charge on any atom is -0.483 e. The number of carbonyl (C=O) groups is 3. The van der Waals surface area contributed by atoms with Gasteiger partial charge in [-0.2, -0.15) is 4.37 Å². The molecule has 8 nitrogen and oxygen atoms in total. The molecule has 2 N–H and O–H groups in total. The highest BCUT2D eigenvalue weighted by Gasteiger charge is 2.36. The first-order valence-corrected chi connectivity index (χ1v) is 12.7. The van der Waals surface area contributed by atoms with Gasteiger partial charge in [-0.25, -0.2) is 0 Å². The van der Waals surface area contributed by atoms with Gasteiger partial charge in [0.25, 0.3) is 12.4 Å². The van der Waals surface area contributed by atoms with Crippen molar-refractivity contribution in [2.24, 2.45) is 5.92 Å². The number of hydrogen-bond acceptors (Lipinski definition) is 6. The summed E-state index contributed by atoms with van der Waals surface area (Å²) in [6.45, 7) is 3.68. The Morgan fingerprint density at radius 2 is 1.86 bits per heavy atom. The second-order valence-corrected chi connectivity index (χ2v) is 10.2. The fraction of sp³-hybridized carbons (Fsp3) is 0.385. The Morgan fingerprint density at radius 3 is 2.54 bits per heavy atom. The maximum absolute atomic E-state index is 13.0. The summed E-state index contributed by atoms with van der Waals surface area (Å²) in [5, 5.41) is 11.0. The zero-order valence-electron chi connectivity index (χ0n) is 19.3. The van der Waals surface area contributed by atoms with Crippen LogP contribution < -0.4 is 10.2 Å². The number of carbonyl (C=O) groups excluding carboxylic acids is 2. The minimum atomic E-state index is -0.250. The highest BCUT2D eigenvalue weighted by molar-refractivity contribution is 7.13. The molecule has 2 atom stereocenters. The Hall–Kier alpha value is -3.30. The lowest BCUT2D eigenvalue weighted by molar-refractivity contribution is -0.123. The van der Waals surface area contributed by atoms with Gasteiger partial charge in [0, 0.05) is 42.5 Å². The number of anilines is 1. The van der Waals surface area contributed by atoms with Gasteiger partial charge >= 0.3 is 0 Å². The third kappa shape index (κ3) is 4.78. The Bertz CT molecular complexity index is 1220. The fourth-order valence-electron chi connectivity index (χ4n) is 5.53. The van der Waals surface area contributed by atoms with E-state index < -0.39 is 0 Å². The van der Waals surface area contributed by atoms with Crippen LogP contribution in [0.3, 0.4) is 0 Å². The summed E-state index contributed by atoms with van der Waals surface area (Å²) in [5.41, 5.74) is 2.59. The van der Waals surface area contributed by atoms with Crippen molar-refractivity contribution >= 4 is 45.6 Å². The van der Waals surface area contributed by atoms with Gasteiger partial charge in [-0.15, -0.1) is 0 Å². The quantitative estimate of drug-likeness (QED) is 0.542. The number of fused-ring (bicyclic) bond motifs is 4. The zero-order chi connectivity index (χ0) is 24.4. The van der Waals surface area contributed by atoms with Gasteiger partial charge in [-0.3, -0.25) is 14.4 Å². The van der Waals surface area contributed by atoms with Gasteiger partial charge in [-0.05, 0) is 67.1 Å². The van der Waals surface area contributed by atoms with Crippen molar-refractivity contribution < 1.29 is 19.5 Å². The van der Waals surface area contributed by atoms with Crippen LogP contribution in [0.4, 0.5) is 5.69 Å². The molecular formula is C26H28N4O4S. The lowest BCUT2D eigenvalue weighted by atomic mass is 9.84. The van der Waals surface area contributed by atoms with Crippen LogP contribution >= 0.6 is 11.5 Å². The molecule has 7 rings (SSSR count). The molecule has 0 radical (unpaired) electrons. The molecule has 182 valence electrons. The van der Waals surface area contributed by atoms with Crippen LogP contribution in [0.1, 0.15) is 41.2 Å². The summed E-state index contributed by atoms with van der Waals surface area (Å²) >= 11 is 1.33. The topological polar surface area (TPSA) is 103 Å². The predicted molar refractivity (Wildman–Crippen MR) is 135 cm³/mol. The van der Waals surface area contributed by atoms with E-state index in [1.807, 2.05) is 41.3 Å². The summed E-state index contributed by atoms with van der Waals surface area (Å²) in [6, 6.07) is 16.3. The van der Waals surface area contributed by atoms with Gasteiger partial charge in [0.1, 0.15) is 5.69 Å². The van der Waals surface area contributed by atoms with E-state index in [2.05, 4.69) is 26.7 Å². The normalized spacial score (nSPS) is 25.3. The van der Waals surface area contributed by atoms with Crippen LogP contribution in [0, 0.1) is 5.92 Å². The number of nitrogens with zero attached hydrogens (tertiary/aromatic N) is 3. The first-order chi connectivity index (χ1) is 17.1. The van der Waals surface area contributed by atoms with Crippen molar-refractivity contribution in [1.82, 2.24) is 14.6 Å². The van der Waals surface area contributed by atoms with Crippen molar-refractivity contribution in [1.29, 1.82) is 0 Å². The number of benzene rings is 2. The summed E-state index contributed by atoms with van der Waals surface area (Å²) in [5.74, 6) is 0.857. The van der Waals surface area contributed by atoms with Gasteiger partial charge in [-0.1, -0.05) is 30.3 Å². The molecule has 4 fully saturated rings. The third-order valence-corrected chi connectivity index (χ3v) is 8.16. The van der Waals surface area contributed by atoms with Gasteiger partial charge in [0.05, 0.1) is 4.70 Å². The second-order valence-electron chi connectivity index (χ2n) is 9.35. The number of piperidine rings is 3. The molecule has 2 aromatic carbocycles. The molecule has 1 unspecified atom stereocenters. The largest absolute Gasteiger partial charge is 0.483 e. The van der Waals surface area contributed by atoms with Crippen molar-refractivity contribution in [2.75, 3.05) is 31.1 Å². The second kappa shape index (κ2) is 10.1. The van der Waals surface area contributed by atoms with Crippen LogP contribution in [0.5, 0.6) is 0 Å². The van der Waals surface area contributed by atoms with E-state index in [9.17, 15) is 9.59 Å². The summed E-state index contributed by atoms with van der Waals surface area (Å²) < 4.78 is 5.43. The van der Waals surface area contributed by atoms with Gasteiger partial charge in [0.2, 0.25) is 5.91 Å². The molecule has 5 heterocycles. The highest BCUT2D eigenvalue weighted by Crippen LogP contribution is 2.35. The predicted octanol–water partition coefficient (Wildman–Crippen LogP) is 3.34. The standard InChI is InChI=1S/C25H26N4O2S.CH2O2/c30-23-12-18(16-4-2-1-3-5-16)14-29(23)19-6-7-20-22(13-19)32-27-24(20)25(31)26-21-15-28-10-8-17(21)9-11-28;2-1-3/h1-7,13,17-18,21H,8-12,14-15H2,(H,26,31);1H,(H,2,3)/t18?,21-;/m1./s1. The molecule has 2 bridgehead atoms. The van der Waals surface area contributed by atoms with E-state index in [-0.39, 0.29) is 30.2 Å². The van der Waals surface area contributed by atoms with E-state index in [0.717, 1.165) is 35.4 Å². The van der Waals surface area contributed by atoms with Crippen molar-refractivity contribution in [3.8, 4) is 0 Å². The molecule has 9 heteroatoms. The molecule has 3 aromatic rings. The number of aromatic nitrogens is 1. The Kier molecular flexibility index (Phi) is 6.79. The van der Waals surface area contributed by atoms with E-state index in [1.165, 1.54) is 29.9 Å². The number of amides is 2. The van der Waals surface area contributed by atoms with Crippen molar-refractivity contribution in [3.05, 3.63) is 59.8 Å². The Morgan fingerprint density at radius 1 is 1.11 bits per heavy atom. The van der Waals surface area contributed by atoms with Crippen molar-refractivity contribution in [2.45, 2.75) is 31.2 Å². The Balaban J connectivity index is 0.000000806. The number of hydrogen-bond donors (Lipinski definition) is 2. The summed E-state index contributed by atoms with van der Waals surface area (Å²) in [4.78, 5) is 38.4. The van der Waals surface area contributed by atoms with E-state index in [1.54, 1.807) is 0 Å². The zero-order valence-corrected chi connectivity index (χ0v) is 20.1. The average molecular weight is 493 g/mol. The van der Waals surface area contributed by atoms with Crippen LogP contribution in [0.2, 0.25) is 0 Å². The van der Waals surface area contributed by atoms with Gasteiger partial charge in [0.15, 0.2) is 0 Å². The molecule has 0 saturated carbocycles. The number of nitrogens with one attached hydrogen (secondary N) is 1. The lowest BCUT2D eigenvalue weighted by Crippen LogP contribution is -2.57. The molecular weight excluding hydrogens is 464 g/mol. The Labute approximate surface area is 207 Å². The number of carboxylic acid groups (broad SMARTS) is 1. The highest BCUT2D eigenvalue weighted by atomic mass is 32.1. The molecule has 1 aromatic heterocycles. The van der Waals surface area contributed by atoms with Crippen LogP contribution in [-0.2, 0) is 9.59 Å². The van der Waals surface area contributed by atoms with Crippen LogP contribution in [0.25, 0.3) is 10.1 Å². The molecule has 2 amide bonds. The number of rotatable bonds is 4. The van der Waals surface area contributed by atoms with Gasteiger partial charge < -0.3 is 20.2 Å². The van der Waals surface area contributed by atoms with Crippen molar-refractivity contribution in [3.63, 3.8) is 0 Å². The smallest absolute Gasteiger partial charge is 0.290 e. The van der Waals surface area contributed by atoms with Crippen LogP contribution in [0.15, 0.2) is 48.5 Å². The fourth-order valence-corrected chi connectivity index (χ4v) is 6.34. The molecule has 35 heavy (non-hydrogen) atoms. The lowest BCUT2D eigenvalue weighted by Gasteiger charge is -2.44. The minimum absolute atomic E-state index is 0.0795. The first kappa shape index (κ1) is 23.4. The first-order valence-electron chi connectivity index (χ1n) is 11.9. The summed E-state index contributed by atoms with van der Waals surface area (Å²) in [7, 11) is 0. The SMILES string of the molecule is O=C(N[C@@H]1CN2CCC1CC2)c1nsc2cc(N3CC(c4ccccc4)CC3=O)ccc12.O=CO. The molecule has 4 aliphatic rings. The molecule has 4 aliphatic heterocycles. The van der Waals surface area contributed by atoms with E-state index in [4.69, 9.17) is 9.90 Å². The monoisotopic (exact) mass is 492 g/mol. The molecule has 0 aliphatic carbocycles. The maximum Gasteiger partial charge on any atom is 0.290 e. The molecule has 0 spiro atoms. The average Bonchev–Trinajstić information content (AvgIpc) is 3.49. The van der Waals surface area contributed by atoms with Crippen LogP contribution in [-0.4, -0.2) is 64.9 Å². The molecule has 4 saturated heterocycles. The van der Waals surface area contributed by atoms with E-state index >= 15 is 0 Å². The van der Waals surface area contributed by atoms with E-state index in [0.29, 0.717) is 24.6 Å².